The molecular formula is C14H12N4O4. The number of nitrogen functional groups attached to an aromatic ring is 2. The molecule has 8 nitrogen and oxygen atoms in total. The molecule has 0 aromatic heterocycles. The molecule has 2 rings (SSSR count). The van der Waals surface area contributed by atoms with E-state index in [1.807, 2.05) is 0 Å². The number of nitrogens with zero attached hydrogens (tertiary/aromatic N) is 2. The number of nitrogens with two attached hydrogens (primary N) is 2. The molecule has 2 aromatic rings. The molecule has 0 saturated carbocycles. The highest BCUT2D eigenvalue weighted by molar-refractivity contribution is 5.84. The number of benzene rings is 2. The van der Waals surface area contributed by atoms with Gasteiger partial charge in [0.25, 0.3) is 5.69 Å². The van der Waals surface area contributed by atoms with Crippen LogP contribution in [0.5, 0.6) is 0 Å². The third kappa shape index (κ3) is 3.01. The lowest BCUT2D eigenvalue weighted by Gasteiger charge is -2.04. The minimum atomic E-state index is -0.631. The van der Waals surface area contributed by atoms with Crippen LogP contribution in [0.4, 0.5) is 22.7 Å². The second kappa shape index (κ2) is 5.92. The van der Waals surface area contributed by atoms with Crippen molar-refractivity contribution in [3.63, 3.8) is 0 Å². The monoisotopic (exact) mass is 300 g/mol. The van der Waals surface area contributed by atoms with Crippen LogP contribution in [-0.2, 0) is 0 Å². The first-order valence-corrected chi connectivity index (χ1v) is 6.15. The van der Waals surface area contributed by atoms with Gasteiger partial charge in [0.2, 0.25) is 0 Å². The van der Waals surface area contributed by atoms with Gasteiger partial charge in [-0.05, 0) is 23.8 Å². The molecule has 0 bridgehead atoms. The van der Waals surface area contributed by atoms with Gasteiger partial charge in [0.15, 0.2) is 0 Å². The summed E-state index contributed by atoms with van der Waals surface area (Å²) in [5, 5.41) is 21.5. The maximum absolute atomic E-state index is 10.9. The number of anilines is 2. The predicted octanol–water partition coefficient (Wildman–Crippen LogP) is 2.84. The van der Waals surface area contributed by atoms with Gasteiger partial charge in [-0.3, -0.25) is 20.2 Å². The van der Waals surface area contributed by atoms with E-state index in [1.54, 1.807) is 30.4 Å². The summed E-state index contributed by atoms with van der Waals surface area (Å²) in [5.41, 5.74) is 12.1. The summed E-state index contributed by atoms with van der Waals surface area (Å²) in [4.78, 5) is 20.4. The molecule has 0 radical (unpaired) electrons. The first-order valence-electron chi connectivity index (χ1n) is 6.15. The molecule has 0 heterocycles. The van der Waals surface area contributed by atoms with Crippen molar-refractivity contribution in [3.8, 4) is 0 Å². The van der Waals surface area contributed by atoms with E-state index in [-0.39, 0.29) is 22.7 Å². The van der Waals surface area contributed by atoms with Crippen LogP contribution < -0.4 is 11.5 Å². The smallest absolute Gasteiger partial charge is 0.315 e. The second-order valence-electron chi connectivity index (χ2n) is 4.45. The number of nitro benzene ring substituents is 2. The van der Waals surface area contributed by atoms with Crippen molar-refractivity contribution >= 4 is 34.9 Å². The van der Waals surface area contributed by atoms with Gasteiger partial charge < -0.3 is 11.5 Å². The van der Waals surface area contributed by atoms with Crippen LogP contribution in [0, 0.1) is 20.2 Å². The number of non-ortho nitro benzene ring substituents is 1. The van der Waals surface area contributed by atoms with Crippen LogP contribution in [-0.4, -0.2) is 9.85 Å². The summed E-state index contributed by atoms with van der Waals surface area (Å²) in [5.74, 6) is 0. The second-order valence-corrected chi connectivity index (χ2v) is 4.45. The summed E-state index contributed by atoms with van der Waals surface area (Å²) >= 11 is 0. The van der Waals surface area contributed by atoms with E-state index in [9.17, 15) is 20.2 Å². The minimum absolute atomic E-state index is 0.00464. The molecule has 112 valence electrons. The van der Waals surface area contributed by atoms with Crippen molar-refractivity contribution in [2.45, 2.75) is 0 Å². The van der Waals surface area contributed by atoms with Crippen LogP contribution >= 0.6 is 0 Å². The average molecular weight is 300 g/mol. The summed E-state index contributed by atoms with van der Waals surface area (Å²) < 4.78 is 0. The molecule has 0 aliphatic rings. The molecule has 0 aliphatic heterocycles. The standard InChI is InChI=1S/C14H12N4O4/c15-12-8-5-10(13(16)14(12)18(21)22)4-1-9-2-6-11(7-3-9)17(19)20/h1-8H,15-16H2. The maximum atomic E-state index is 10.9. The van der Waals surface area contributed by atoms with Crippen molar-refractivity contribution in [1.82, 2.24) is 0 Å². The predicted molar refractivity (Wildman–Crippen MR) is 83.9 cm³/mol. The Labute approximate surface area is 125 Å². The van der Waals surface area contributed by atoms with Crippen LogP contribution in [0.15, 0.2) is 36.4 Å². The fraction of sp³-hybridized carbons (Fsp3) is 0. The van der Waals surface area contributed by atoms with Gasteiger partial charge in [-0.25, -0.2) is 0 Å². The Balaban J connectivity index is 2.32. The molecule has 0 spiro atoms. The minimum Gasteiger partial charge on any atom is -0.393 e. The topological polar surface area (TPSA) is 138 Å². The van der Waals surface area contributed by atoms with Crippen LogP contribution in [0.3, 0.4) is 0 Å². The van der Waals surface area contributed by atoms with Crippen molar-refractivity contribution in [3.05, 3.63) is 67.8 Å². The van der Waals surface area contributed by atoms with Gasteiger partial charge in [0, 0.05) is 17.7 Å². The molecule has 0 unspecified atom stereocenters. The molecule has 0 fully saturated rings. The fourth-order valence-electron chi connectivity index (χ4n) is 1.88. The van der Waals surface area contributed by atoms with Gasteiger partial charge in [0.1, 0.15) is 11.4 Å². The molecule has 0 atom stereocenters. The third-order valence-electron chi connectivity index (χ3n) is 3.02. The van der Waals surface area contributed by atoms with E-state index in [2.05, 4.69) is 0 Å². The Kier molecular flexibility index (Phi) is 4.03. The largest absolute Gasteiger partial charge is 0.393 e. The number of hydrogen-bond donors (Lipinski definition) is 2. The highest BCUT2D eigenvalue weighted by atomic mass is 16.6. The van der Waals surface area contributed by atoms with Crippen molar-refractivity contribution in [2.75, 3.05) is 11.5 Å². The van der Waals surface area contributed by atoms with Crippen molar-refractivity contribution in [1.29, 1.82) is 0 Å². The van der Waals surface area contributed by atoms with Crippen LogP contribution in [0.1, 0.15) is 11.1 Å². The van der Waals surface area contributed by atoms with Crippen LogP contribution in [0.25, 0.3) is 12.2 Å². The van der Waals surface area contributed by atoms with E-state index in [0.717, 1.165) is 0 Å². The van der Waals surface area contributed by atoms with Gasteiger partial charge in [-0.1, -0.05) is 18.2 Å². The lowest BCUT2D eigenvalue weighted by Crippen LogP contribution is -2.02. The van der Waals surface area contributed by atoms with Gasteiger partial charge in [-0.2, -0.15) is 0 Å². The lowest BCUT2D eigenvalue weighted by molar-refractivity contribution is -0.384. The Morgan fingerprint density at radius 2 is 1.50 bits per heavy atom. The van der Waals surface area contributed by atoms with E-state index in [0.29, 0.717) is 11.1 Å². The zero-order valence-electron chi connectivity index (χ0n) is 11.3. The fourth-order valence-corrected chi connectivity index (χ4v) is 1.88. The van der Waals surface area contributed by atoms with Gasteiger partial charge >= 0.3 is 5.69 Å². The molecule has 0 aliphatic carbocycles. The molecule has 0 amide bonds. The molecule has 2 aromatic carbocycles. The van der Waals surface area contributed by atoms with E-state index < -0.39 is 9.85 Å². The van der Waals surface area contributed by atoms with E-state index in [1.165, 1.54) is 18.2 Å². The maximum Gasteiger partial charge on any atom is 0.315 e. The first kappa shape index (κ1) is 15.0. The summed E-state index contributed by atoms with van der Waals surface area (Å²) in [7, 11) is 0. The molecular weight excluding hydrogens is 288 g/mol. The normalized spacial score (nSPS) is 10.7. The zero-order chi connectivity index (χ0) is 16.3. The average Bonchev–Trinajstić information content (AvgIpc) is 2.46. The Morgan fingerprint density at radius 3 is 2.05 bits per heavy atom. The Hall–Kier alpha value is -3.42. The lowest BCUT2D eigenvalue weighted by atomic mass is 10.1. The summed E-state index contributed by atoms with van der Waals surface area (Å²) in [6, 6.07) is 8.85. The highest BCUT2D eigenvalue weighted by Gasteiger charge is 2.18. The van der Waals surface area contributed by atoms with E-state index >= 15 is 0 Å². The van der Waals surface area contributed by atoms with Gasteiger partial charge in [0.05, 0.1) is 9.85 Å². The third-order valence-corrected chi connectivity index (χ3v) is 3.02. The molecule has 22 heavy (non-hydrogen) atoms. The zero-order valence-corrected chi connectivity index (χ0v) is 11.3. The summed E-state index contributed by atoms with van der Waals surface area (Å²) in [6.07, 6.45) is 3.23. The molecule has 4 N–H and O–H groups in total. The first-order chi connectivity index (χ1) is 10.4. The summed E-state index contributed by atoms with van der Waals surface area (Å²) in [6.45, 7) is 0. The Bertz CT molecular complexity index is 769. The number of nitro groups is 2. The quantitative estimate of drug-likeness (QED) is 0.385. The molecule has 8 heteroatoms. The molecule has 0 saturated heterocycles. The number of hydrogen-bond acceptors (Lipinski definition) is 6. The van der Waals surface area contributed by atoms with E-state index in [4.69, 9.17) is 11.5 Å². The van der Waals surface area contributed by atoms with Crippen LogP contribution in [0.2, 0.25) is 0 Å². The SMILES string of the molecule is Nc1ccc(C=Cc2ccc([N+](=O)[O-])cc2)c(N)c1[N+](=O)[O-]. The van der Waals surface area contributed by atoms with Crippen molar-refractivity contribution < 1.29 is 9.85 Å². The highest BCUT2D eigenvalue weighted by Crippen LogP contribution is 2.32. The Morgan fingerprint density at radius 1 is 0.864 bits per heavy atom. The van der Waals surface area contributed by atoms with Crippen molar-refractivity contribution in [2.24, 2.45) is 0 Å². The number of rotatable bonds is 4. The van der Waals surface area contributed by atoms with Gasteiger partial charge in [-0.15, -0.1) is 0 Å².